The van der Waals surface area contributed by atoms with Crippen LogP contribution in [0, 0.1) is 5.92 Å². The second-order valence-electron chi connectivity index (χ2n) is 10.3. The van der Waals surface area contributed by atoms with Crippen molar-refractivity contribution < 1.29 is 32.6 Å². The van der Waals surface area contributed by atoms with Crippen molar-refractivity contribution in [1.29, 1.82) is 0 Å². The van der Waals surface area contributed by atoms with E-state index >= 15 is 0 Å². The summed E-state index contributed by atoms with van der Waals surface area (Å²) in [4.78, 5) is 29.8. The van der Waals surface area contributed by atoms with Crippen LogP contribution in [0.15, 0.2) is 42.5 Å². The molecule has 1 atom stereocenters. The molecule has 40 heavy (non-hydrogen) atoms. The van der Waals surface area contributed by atoms with Crippen LogP contribution in [0.25, 0.3) is 0 Å². The number of ether oxygens (including phenoxy) is 1. The molecule has 11 heteroatoms. The average molecular weight is 584 g/mol. The Labute approximate surface area is 238 Å². The van der Waals surface area contributed by atoms with E-state index in [1.54, 1.807) is 33.2 Å². The summed E-state index contributed by atoms with van der Waals surface area (Å²) in [5, 5.41) is 11.1. The molecule has 0 spiro atoms. The quantitative estimate of drug-likeness (QED) is 0.408. The van der Waals surface area contributed by atoms with Gasteiger partial charge in [0.05, 0.1) is 17.2 Å². The number of piperidine rings is 1. The molecule has 1 saturated heterocycles. The van der Waals surface area contributed by atoms with E-state index in [1.807, 2.05) is 6.07 Å². The number of amides is 2. The second kappa shape index (κ2) is 13.1. The van der Waals surface area contributed by atoms with Gasteiger partial charge >= 0.3 is 6.18 Å². The van der Waals surface area contributed by atoms with E-state index in [-0.39, 0.29) is 24.8 Å². The lowest BCUT2D eigenvalue weighted by Crippen LogP contribution is -2.55. The first kappa shape index (κ1) is 31.5. The molecule has 0 bridgehead atoms. The SMILES string of the molecule is CCOc1cccc([C@@](O)(C(=O)N(C)CCCC2CCN(c3ccc(C(=O)N(C)C)c(Cl)c3)CC2)C(F)(F)F)c1. The largest absolute Gasteiger partial charge is 0.494 e. The zero-order chi connectivity index (χ0) is 29.7. The zero-order valence-corrected chi connectivity index (χ0v) is 24.1. The standard InChI is InChI=1S/C29H37ClF3N3O4/c1-5-40-23-10-6-9-21(18-23)28(39,29(31,32)33)27(38)35(4)15-7-8-20-13-16-36(17-14-20)22-11-12-24(25(30)19-22)26(37)34(2)3/h6,9-12,18-20,39H,5,7-8,13-17H2,1-4H3/t28-/m1/s1. The number of carbonyl (C=O) groups is 2. The number of halogens is 4. The normalized spacial score (nSPS) is 15.9. The summed E-state index contributed by atoms with van der Waals surface area (Å²) >= 11 is 6.36. The van der Waals surface area contributed by atoms with Gasteiger partial charge in [0, 0.05) is 52.0 Å². The molecule has 2 amide bonds. The molecule has 0 saturated carbocycles. The maximum Gasteiger partial charge on any atom is 0.430 e. The first-order valence-electron chi connectivity index (χ1n) is 13.3. The maximum absolute atomic E-state index is 14.1. The van der Waals surface area contributed by atoms with E-state index in [0.717, 1.165) is 55.1 Å². The van der Waals surface area contributed by atoms with Gasteiger partial charge < -0.3 is 24.5 Å². The number of benzene rings is 2. The fourth-order valence-electron chi connectivity index (χ4n) is 4.98. The minimum Gasteiger partial charge on any atom is -0.494 e. The number of aliphatic hydroxyl groups is 1. The molecule has 1 aliphatic rings. The third-order valence-corrected chi connectivity index (χ3v) is 7.62. The Morgan fingerprint density at radius 1 is 1.10 bits per heavy atom. The summed E-state index contributed by atoms with van der Waals surface area (Å²) in [6.07, 6.45) is -2.20. The summed E-state index contributed by atoms with van der Waals surface area (Å²) < 4.78 is 47.4. The molecule has 7 nitrogen and oxygen atoms in total. The van der Waals surface area contributed by atoms with Crippen molar-refractivity contribution in [2.24, 2.45) is 5.92 Å². The van der Waals surface area contributed by atoms with Crippen LogP contribution in [0.4, 0.5) is 18.9 Å². The molecule has 0 unspecified atom stereocenters. The molecule has 1 aliphatic heterocycles. The lowest BCUT2D eigenvalue weighted by molar-refractivity contribution is -0.261. The van der Waals surface area contributed by atoms with Crippen molar-refractivity contribution in [3.05, 3.63) is 58.6 Å². The smallest absolute Gasteiger partial charge is 0.430 e. The Kier molecular flexibility index (Phi) is 10.3. The Morgan fingerprint density at radius 2 is 1.77 bits per heavy atom. The van der Waals surface area contributed by atoms with E-state index in [9.17, 15) is 27.9 Å². The van der Waals surface area contributed by atoms with Crippen molar-refractivity contribution in [3.63, 3.8) is 0 Å². The van der Waals surface area contributed by atoms with Gasteiger partial charge in [-0.2, -0.15) is 13.2 Å². The van der Waals surface area contributed by atoms with Gasteiger partial charge in [-0.05, 0) is 68.9 Å². The van der Waals surface area contributed by atoms with E-state index in [4.69, 9.17) is 16.3 Å². The third kappa shape index (κ3) is 7.01. The minimum absolute atomic E-state index is 0.0829. The van der Waals surface area contributed by atoms with E-state index in [1.165, 1.54) is 24.1 Å². The van der Waals surface area contributed by atoms with Gasteiger partial charge in [-0.15, -0.1) is 0 Å². The highest BCUT2D eigenvalue weighted by Gasteiger charge is 2.61. The van der Waals surface area contributed by atoms with Crippen LogP contribution in [0.5, 0.6) is 5.75 Å². The van der Waals surface area contributed by atoms with Gasteiger partial charge in [0.2, 0.25) is 0 Å². The summed E-state index contributed by atoms with van der Waals surface area (Å²) in [5.41, 5.74) is -2.87. The predicted octanol–water partition coefficient (Wildman–Crippen LogP) is 5.35. The molecule has 2 aromatic carbocycles. The molecule has 2 aromatic rings. The van der Waals surface area contributed by atoms with Gasteiger partial charge in [0.25, 0.3) is 17.4 Å². The zero-order valence-electron chi connectivity index (χ0n) is 23.3. The molecule has 3 rings (SSSR count). The number of rotatable bonds is 10. The lowest BCUT2D eigenvalue weighted by Gasteiger charge is -2.35. The van der Waals surface area contributed by atoms with Crippen molar-refractivity contribution in [2.75, 3.05) is 52.3 Å². The van der Waals surface area contributed by atoms with Gasteiger partial charge in [0.15, 0.2) is 0 Å². The van der Waals surface area contributed by atoms with Crippen LogP contribution in [0.2, 0.25) is 5.02 Å². The monoisotopic (exact) mass is 583 g/mol. The number of alkyl halides is 3. The van der Waals surface area contributed by atoms with Crippen LogP contribution < -0.4 is 9.64 Å². The van der Waals surface area contributed by atoms with Crippen LogP contribution in [0.3, 0.4) is 0 Å². The van der Waals surface area contributed by atoms with Crippen LogP contribution in [-0.4, -0.2) is 80.3 Å². The number of hydrogen-bond donors (Lipinski definition) is 1. The van der Waals surface area contributed by atoms with Gasteiger partial charge in [-0.25, -0.2) is 0 Å². The third-order valence-electron chi connectivity index (χ3n) is 7.30. The fraction of sp³-hybridized carbons (Fsp3) is 0.517. The van der Waals surface area contributed by atoms with Crippen LogP contribution in [0.1, 0.15) is 48.5 Å². The van der Waals surface area contributed by atoms with E-state index < -0.39 is 23.2 Å². The maximum atomic E-state index is 14.1. The van der Waals surface area contributed by atoms with Crippen molar-refractivity contribution in [1.82, 2.24) is 9.80 Å². The Morgan fingerprint density at radius 3 is 2.35 bits per heavy atom. The van der Waals surface area contributed by atoms with Crippen molar-refractivity contribution >= 4 is 29.1 Å². The lowest BCUT2D eigenvalue weighted by atomic mass is 9.90. The Balaban J connectivity index is 1.55. The topological polar surface area (TPSA) is 73.3 Å². The molecule has 1 N–H and O–H groups in total. The fourth-order valence-corrected chi connectivity index (χ4v) is 5.23. The number of likely N-dealkylation sites (N-methyl/N-ethyl adjacent to an activating group) is 1. The van der Waals surface area contributed by atoms with Gasteiger partial charge in [-0.3, -0.25) is 9.59 Å². The van der Waals surface area contributed by atoms with Crippen molar-refractivity contribution in [2.45, 2.75) is 44.4 Å². The Bertz CT molecular complexity index is 1190. The molecular weight excluding hydrogens is 547 g/mol. The first-order valence-corrected chi connectivity index (χ1v) is 13.7. The van der Waals surface area contributed by atoms with Crippen LogP contribution >= 0.6 is 11.6 Å². The number of anilines is 1. The summed E-state index contributed by atoms with van der Waals surface area (Å²) in [7, 11) is 4.62. The van der Waals surface area contributed by atoms with E-state index in [0.29, 0.717) is 22.9 Å². The highest BCUT2D eigenvalue weighted by Crippen LogP contribution is 2.41. The van der Waals surface area contributed by atoms with Gasteiger partial charge in [0.1, 0.15) is 5.75 Å². The number of hydrogen-bond acceptors (Lipinski definition) is 5. The molecule has 1 fully saturated rings. The summed E-state index contributed by atoms with van der Waals surface area (Å²) in [5.74, 6) is -1.08. The first-order chi connectivity index (χ1) is 18.8. The van der Waals surface area contributed by atoms with E-state index in [2.05, 4.69) is 4.90 Å². The molecular formula is C29H37ClF3N3O4. The average Bonchev–Trinajstić information content (AvgIpc) is 2.91. The Hall–Kier alpha value is -2.98. The molecule has 0 aliphatic carbocycles. The van der Waals surface area contributed by atoms with Crippen molar-refractivity contribution in [3.8, 4) is 5.75 Å². The second-order valence-corrected chi connectivity index (χ2v) is 10.7. The van der Waals surface area contributed by atoms with Crippen LogP contribution in [-0.2, 0) is 10.4 Å². The number of carbonyl (C=O) groups excluding carboxylic acids is 2. The minimum atomic E-state index is -5.21. The predicted molar refractivity (Wildman–Crippen MR) is 149 cm³/mol. The molecule has 0 radical (unpaired) electrons. The highest BCUT2D eigenvalue weighted by molar-refractivity contribution is 6.34. The molecule has 0 aromatic heterocycles. The summed E-state index contributed by atoms with van der Waals surface area (Å²) in [6.45, 7) is 3.56. The molecule has 1 heterocycles. The molecule has 220 valence electrons. The van der Waals surface area contributed by atoms with Gasteiger partial charge in [-0.1, -0.05) is 23.7 Å². The summed E-state index contributed by atoms with van der Waals surface area (Å²) in [6, 6.07) is 10.3. The number of nitrogens with zero attached hydrogens (tertiary/aromatic N) is 3. The highest BCUT2D eigenvalue weighted by atomic mass is 35.5.